The highest BCUT2D eigenvalue weighted by atomic mass is 16.3. The van der Waals surface area contributed by atoms with Crippen molar-refractivity contribution in [3.8, 4) is 0 Å². The van der Waals surface area contributed by atoms with Crippen molar-refractivity contribution in [2.24, 2.45) is 0 Å². The van der Waals surface area contributed by atoms with Crippen LogP contribution in [0.15, 0.2) is 48.5 Å². The second-order valence-corrected chi connectivity index (χ2v) is 4.82. The maximum absolute atomic E-state index is 9.09. The third kappa shape index (κ3) is 3.22. The fraction of sp³-hybridized carbons (Fsp3) is 0.294. The Morgan fingerprint density at radius 1 is 0.895 bits per heavy atom. The molecule has 0 saturated carbocycles. The molecular weight excluding hydrogens is 234 g/mol. The lowest BCUT2D eigenvalue weighted by Gasteiger charge is -2.23. The average Bonchev–Trinajstić information content (AvgIpc) is 2.42. The molecule has 0 atom stereocenters. The van der Waals surface area contributed by atoms with Crippen molar-refractivity contribution < 1.29 is 5.11 Å². The van der Waals surface area contributed by atoms with Gasteiger partial charge in [0, 0.05) is 6.54 Å². The normalized spacial score (nSPS) is 10.9. The molecule has 0 radical (unpaired) electrons. The van der Waals surface area contributed by atoms with Gasteiger partial charge in [0.15, 0.2) is 0 Å². The molecule has 0 spiro atoms. The average molecular weight is 255 g/mol. The lowest BCUT2D eigenvalue weighted by atomic mass is 9.92. The first-order valence-corrected chi connectivity index (χ1v) is 6.69. The van der Waals surface area contributed by atoms with Crippen LogP contribution in [0, 0.1) is 13.8 Å². The van der Waals surface area contributed by atoms with E-state index in [9.17, 15) is 0 Å². The monoisotopic (exact) mass is 255 g/mol. The fourth-order valence-electron chi connectivity index (χ4n) is 2.42. The molecule has 0 unspecified atom stereocenters. The van der Waals surface area contributed by atoms with E-state index in [0.29, 0.717) is 6.54 Å². The molecule has 0 amide bonds. The summed E-state index contributed by atoms with van der Waals surface area (Å²) in [5.74, 6) is 0. The first-order chi connectivity index (χ1) is 9.24. The summed E-state index contributed by atoms with van der Waals surface area (Å²) in [6.07, 6.45) is 0. The molecule has 2 rings (SSSR count). The van der Waals surface area contributed by atoms with Gasteiger partial charge in [-0.15, -0.1) is 0 Å². The zero-order valence-corrected chi connectivity index (χ0v) is 11.6. The molecule has 2 heteroatoms. The number of rotatable bonds is 5. The highest BCUT2D eigenvalue weighted by Crippen LogP contribution is 2.26. The van der Waals surface area contributed by atoms with Crippen molar-refractivity contribution in [3.63, 3.8) is 0 Å². The summed E-state index contributed by atoms with van der Waals surface area (Å²) in [4.78, 5) is 0. The van der Waals surface area contributed by atoms with Crippen LogP contribution in [0.25, 0.3) is 0 Å². The minimum absolute atomic E-state index is 0.134. The number of hydrogen-bond acceptors (Lipinski definition) is 2. The quantitative estimate of drug-likeness (QED) is 0.861. The maximum atomic E-state index is 9.09. The molecule has 0 aliphatic carbocycles. The standard InChI is InChI=1S/C17H21NO/c1-13-7-3-5-9-15(13)17(18-11-12-19)16-10-6-4-8-14(16)2/h3-10,17-19H,11-12H2,1-2H3. The van der Waals surface area contributed by atoms with E-state index in [1.54, 1.807) is 0 Å². The van der Waals surface area contributed by atoms with Gasteiger partial charge in [0.1, 0.15) is 0 Å². The third-order valence-electron chi connectivity index (χ3n) is 3.46. The van der Waals surface area contributed by atoms with Gasteiger partial charge in [0.2, 0.25) is 0 Å². The summed E-state index contributed by atoms with van der Waals surface area (Å²) in [7, 11) is 0. The fourth-order valence-corrected chi connectivity index (χ4v) is 2.42. The molecule has 0 aliphatic rings. The van der Waals surface area contributed by atoms with Gasteiger partial charge in [-0.1, -0.05) is 48.5 Å². The molecule has 0 bridgehead atoms. The van der Waals surface area contributed by atoms with Gasteiger partial charge in [-0.2, -0.15) is 0 Å². The van der Waals surface area contributed by atoms with Gasteiger partial charge in [0.05, 0.1) is 12.6 Å². The van der Waals surface area contributed by atoms with Crippen molar-refractivity contribution in [1.29, 1.82) is 0 Å². The first-order valence-electron chi connectivity index (χ1n) is 6.69. The smallest absolute Gasteiger partial charge is 0.0582 e. The summed E-state index contributed by atoms with van der Waals surface area (Å²) in [5.41, 5.74) is 5.07. The Labute approximate surface area is 115 Å². The Morgan fingerprint density at radius 2 is 1.37 bits per heavy atom. The van der Waals surface area contributed by atoms with E-state index < -0.39 is 0 Å². The number of benzene rings is 2. The summed E-state index contributed by atoms with van der Waals surface area (Å²) < 4.78 is 0. The summed E-state index contributed by atoms with van der Waals surface area (Å²) in [6, 6.07) is 16.9. The lowest BCUT2D eigenvalue weighted by Crippen LogP contribution is -2.26. The highest BCUT2D eigenvalue weighted by Gasteiger charge is 2.16. The second-order valence-electron chi connectivity index (χ2n) is 4.82. The minimum Gasteiger partial charge on any atom is -0.395 e. The van der Waals surface area contributed by atoms with Crippen LogP contribution in [0.2, 0.25) is 0 Å². The largest absolute Gasteiger partial charge is 0.395 e. The van der Waals surface area contributed by atoms with Crippen molar-refractivity contribution >= 4 is 0 Å². The Balaban J connectivity index is 2.42. The zero-order valence-electron chi connectivity index (χ0n) is 11.6. The topological polar surface area (TPSA) is 32.3 Å². The Bertz CT molecular complexity index is 491. The molecule has 0 aliphatic heterocycles. The molecule has 0 heterocycles. The maximum Gasteiger partial charge on any atom is 0.0582 e. The van der Waals surface area contributed by atoms with Gasteiger partial charge in [-0.3, -0.25) is 0 Å². The summed E-state index contributed by atoms with van der Waals surface area (Å²) >= 11 is 0. The number of aliphatic hydroxyl groups is 1. The van der Waals surface area contributed by atoms with Crippen LogP contribution >= 0.6 is 0 Å². The molecule has 2 N–H and O–H groups in total. The van der Waals surface area contributed by atoms with Crippen LogP contribution in [0.1, 0.15) is 28.3 Å². The van der Waals surface area contributed by atoms with Gasteiger partial charge in [-0.05, 0) is 36.1 Å². The van der Waals surface area contributed by atoms with E-state index in [1.165, 1.54) is 22.3 Å². The molecule has 19 heavy (non-hydrogen) atoms. The number of aryl methyl sites for hydroxylation is 2. The van der Waals surface area contributed by atoms with Crippen LogP contribution in [0.5, 0.6) is 0 Å². The molecule has 0 saturated heterocycles. The van der Waals surface area contributed by atoms with Crippen LogP contribution < -0.4 is 5.32 Å². The van der Waals surface area contributed by atoms with E-state index in [4.69, 9.17) is 5.11 Å². The zero-order chi connectivity index (χ0) is 13.7. The van der Waals surface area contributed by atoms with Gasteiger partial charge in [-0.25, -0.2) is 0 Å². The van der Waals surface area contributed by atoms with E-state index >= 15 is 0 Å². The van der Waals surface area contributed by atoms with Crippen molar-refractivity contribution in [3.05, 3.63) is 70.8 Å². The van der Waals surface area contributed by atoms with Gasteiger partial charge in [0.25, 0.3) is 0 Å². The molecular formula is C17H21NO. The lowest BCUT2D eigenvalue weighted by molar-refractivity contribution is 0.288. The highest BCUT2D eigenvalue weighted by molar-refractivity contribution is 5.40. The van der Waals surface area contributed by atoms with E-state index in [-0.39, 0.29) is 12.6 Å². The van der Waals surface area contributed by atoms with Crippen molar-refractivity contribution in [1.82, 2.24) is 5.32 Å². The molecule has 100 valence electrons. The first kappa shape index (κ1) is 13.8. The second kappa shape index (κ2) is 6.50. The number of aliphatic hydroxyl groups excluding tert-OH is 1. The van der Waals surface area contributed by atoms with Crippen molar-refractivity contribution in [2.75, 3.05) is 13.2 Å². The molecule has 2 nitrogen and oxygen atoms in total. The van der Waals surface area contributed by atoms with E-state index in [1.807, 2.05) is 0 Å². The van der Waals surface area contributed by atoms with Crippen LogP contribution in [-0.2, 0) is 0 Å². The van der Waals surface area contributed by atoms with Crippen LogP contribution in [-0.4, -0.2) is 18.3 Å². The number of hydrogen-bond donors (Lipinski definition) is 2. The molecule has 2 aromatic carbocycles. The molecule has 0 fully saturated rings. The predicted octanol–water partition coefficient (Wildman–Crippen LogP) is 2.97. The predicted molar refractivity (Wildman–Crippen MR) is 79.3 cm³/mol. The SMILES string of the molecule is Cc1ccccc1C(NCCO)c1ccccc1C. The summed E-state index contributed by atoms with van der Waals surface area (Å²) in [5, 5.41) is 12.5. The van der Waals surface area contributed by atoms with Crippen LogP contribution in [0.3, 0.4) is 0 Å². The van der Waals surface area contributed by atoms with Crippen LogP contribution in [0.4, 0.5) is 0 Å². The Morgan fingerprint density at radius 3 is 1.79 bits per heavy atom. The van der Waals surface area contributed by atoms with E-state index in [2.05, 4.69) is 67.7 Å². The van der Waals surface area contributed by atoms with Gasteiger partial charge < -0.3 is 10.4 Å². The molecule has 2 aromatic rings. The van der Waals surface area contributed by atoms with Gasteiger partial charge >= 0.3 is 0 Å². The van der Waals surface area contributed by atoms with E-state index in [0.717, 1.165) is 0 Å². The Hall–Kier alpha value is -1.64. The minimum atomic E-state index is 0.134. The Kier molecular flexibility index (Phi) is 4.72. The summed E-state index contributed by atoms with van der Waals surface area (Å²) in [6.45, 7) is 4.99. The van der Waals surface area contributed by atoms with Crippen molar-refractivity contribution in [2.45, 2.75) is 19.9 Å². The third-order valence-corrected chi connectivity index (χ3v) is 3.46. The molecule has 0 aromatic heterocycles. The number of nitrogens with one attached hydrogen (secondary N) is 1.